The lowest BCUT2D eigenvalue weighted by Gasteiger charge is -2.07. The van der Waals surface area contributed by atoms with Crippen LogP contribution in [0.2, 0.25) is 10.0 Å². The molecule has 0 saturated carbocycles. The summed E-state index contributed by atoms with van der Waals surface area (Å²) in [7, 11) is 0. The molecular formula is C11H10Cl3N3. The molecule has 0 fully saturated rings. The highest BCUT2D eigenvalue weighted by molar-refractivity contribution is 6.35. The van der Waals surface area contributed by atoms with Crippen LogP contribution < -0.4 is 0 Å². The largest absolute Gasteiger partial charge is 0.310 e. The van der Waals surface area contributed by atoms with Crippen LogP contribution in [0.5, 0.6) is 0 Å². The Hall–Kier alpha value is -0.770. The van der Waals surface area contributed by atoms with Gasteiger partial charge in [0.2, 0.25) is 0 Å². The Morgan fingerprint density at radius 2 is 2.00 bits per heavy atom. The minimum atomic E-state index is 0.318. The molecule has 0 amide bonds. The molecular weight excluding hydrogens is 281 g/mol. The number of hydrogen-bond donors (Lipinski definition) is 0. The summed E-state index contributed by atoms with van der Waals surface area (Å²) in [6.07, 6.45) is 0. The summed E-state index contributed by atoms with van der Waals surface area (Å²) in [4.78, 5) is 0. The van der Waals surface area contributed by atoms with Crippen LogP contribution >= 0.6 is 34.8 Å². The van der Waals surface area contributed by atoms with E-state index in [0.29, 0.717) is 21.7 Å². The first-order chi connectivity index (χ1) is 8.17. The molecule has 0 aliphatic carbocycles. The molecule has 17 heavy (non-hydrogen) atoms. The molecule has 6 heteroatoms. The number of alkyl halides is 1. The van der Waals surface area contributed by atoms with Crippen molar-refractivity contribution in [3.8, 4) is 11.4 Å². The number of benzene rings is 1. The topological polar surface area (TPSA) is 30.7 Å². The van der Waals surface area contributed by atoms with Crippen LogP contribution in [0, 0.1) is 0 Å². The highest BCUT2D eigenvalue weighted by Crippen LogP contribution is 2.29. The standard InChI is InChI=1S/C11H10Cl3N3/c1-2-17-10(6-12)15-16-11(17)8-5-7(13)3-4-9(8)14/h3-5H,2,6H2,1H3. The van der Waals surface area contributed by atoms with Gasteiger partial charge in [-0.05, 0) is 25.1 Å². The second-order valence-electron chi connectivity index (χ2n) is 3.44. The Morgan fingerprint density at radius 3 is 2.65 bits per heavy atom. The predicted octanol–water partition coefficient (Wildman–Crippen LogP) is 4.01. The van der Waals surface area contributed by atoms with Gasteiger partial charge in [-0.15, -0.1) is 21.8 Å². The fourth-order valence-corrected chi connectivity index (χ4v) is 2.21. The van der Waals surface area contributed by atoms with Crippen molar-refractivity contribution < 1.29 is 0 Å². The van der Waals surface area contributed by atoms with Crippen molar-refractivity contribution in [2.24, 2.45) is 0 Å². The molecule has 0 aliphatic rings. The number of hydrogen-bond acceptors (Lipinski definition) is 2. The summed E-state index contributed by atoms with van der Waals surface area (Å²) in [6.45, 7) is 2.73. The van der Waals surface area contributed by atoms with Gasteiger partial charge in [-0.3, -0.25) is 0 Å². The molecule has 0 spiro atoms. The summed E-state index contributed by atoms with van der Waals surface area (Å²) in [5.74, 6) is 1.73. The van der Waals surface area contributed by atoms with Crippen molar-refractivity contribution in [1.29, 1.82) is 0 Å². The van der Waals surface area contributed by atoms with E-state index in [-0.39, 0.29) is 0 Å². The highest BCUT2D eigenvalue weighted by Gasteiger charge is 2.14. The third kappa shape index (κ3) is 2.41. The molecule has 0 radical (unpaired) electrons. The summed E-state index contributed by atoms with van der Waals surface area (Å²) in [6, 6.07) is 5.26. The van der Waals surface area contributed by atoms with Crippen LogP contribution in [0.1, 0.15) is 12.7 Å². The third-order valence-electron chi connectivity index (χ3n) is 2.43. The number of rotatable bonds is 3. The van der Waals surface area contributed by atoms with Crippen molar-refractivity contribution in [3.05, 3.63) is 34.1 Å². The maximum Gasteiger partial charge on any atom is 0.165 e. The minimum absolute atomic E-state index is 0.318. The Labute approximate surface area is 114 Å². The molecule has 1 aromatic heterocycles. The first-order valence-electron chi connectivity index (χ1n) is 5.10. The average molecular weight is 291 g/mol. The van der Waals surface area contributed by atoms with Gasteiger partial charge in [-0.2, -0.15) is 0 Å². The van der Waals surface area contributed by atoms with Crippen LogP contribution in [-0.2, 0) is 12.4 Å². The molecule has 1 aromatic carbocycles. The Morgan fingerprint density at radius 1 is 1.24 bits per heavy atom. The average Bonchev–Trinajstić information content (AvgIpc) is 2.74. The summed E-state index contributed by atoms with van der Waals surface area (Å²) in [5.41, 5.74) is 0.768. The van der Waals surface area contributed by atoms with Crippen molar-refractivity contribution in [3.63, 3.8) is 0 Å². The summed E-state index contributed by atoms with van der Waals surface area (Å²) in [5, 5.41) is 9.36. The van der Waals surface area contributed by atoms with E-state index in [2.05, 4.69) is 10.2 Å². The van der Waals surface area contributed by atoms with Crippen LogP contribution in [0.15, 0.2) is 18.2 Å². The van der Waals surface area contributed by atoms with Gasteiger partial charge in [0.25, 0.3) is 0 Å². The molecule has 0 saturated heterocycles. The van der Waals surface area contributed by atoms with Gasteiger partial charge in [0.1, 0.15) is 5.82 Å². The van der Waals surface area contributed by atoms with E-state index in [1.54, 1.807) is 18.2 Å². The zero-order chi connectivity index (χ0) is 12.4. The fraction of sp³-hybridized carbons (Fsp3) is 0.273. The zero-order valence-corrected chi connectivity index (χ0v) is 11.4. The summed E-state index contributed by atoms with van der Waals surface area (Å²) >= 11 is 17.9. The van der Waals surface area contributed by atoms with Crippen LogP contribution in [0.25, 0.3) is 11.4 Å². The van der Waals surface area contributed by atoms with E-state index in [4.69, 9.17) is 34.8 Å². The molecule has 0 aliphatic heterocycles. The molecule has 90 valence electrons. The molecule has 3 nitrogen and oxygen atoms in total. The number of aromatic nitrogens is 3. The van der Waals surface area contributed by atoms with Crippen molar-refractivity contribution in [2.75, 3.05) is 0 Å². The lowest BCUT2D eigenvalue weighted by molar-refractivity contribution is 0.731. The maximum atomic E-state index is 6.14. The first kappa shape index (κ1) is 12.7. The molecule has 1 heterocycles. The zero-order valence-electron chi connectivity index (χ0n) is 9.12. The summed E-state index contributed by atoms with van der Waals surface area (Å²) < 4.78 is 1.92. The van der Waals surface area contributed by atoms with Gasteiger partial charge in [-0.1, -0.05) is 23.2 Å². The normalized spacial score (nSPS) is 10.8. The highest BCUT2D eigenvalue weighted by atomic mass is 35.5. The molecule has 0 N–H and O–H groups in total. The Balaban J connectivity index is 2.59. The molecule has 2 rings (SSSR count). The van der Waals surface area contributed by atoms with Crippen molar-refractivity contribution >= 4 is 34.8 Å². The van der Waals surface area contributed by atoms with Gasteiger partial charge in [0.15, 0.2) is 5.82 Å². The molecule has 2 aromatic rings. The maximum absolute atomic E-state index is 6.14. The molecule has 0 unspecified atom stereocenters. The minimum Gasteiger partial charge on any atom is -0.310 e. The lowest BCUT2D eigenvalue weighted by Crippen LogP contribution is -2.02. The van der Waals surface area contributed by atoms with Gasteiger partial charge in [-0.25, -0.2) is 0 Å². The monoisotopic (exact) mass is 289 g/mol. The second kappa shape index (κ2) is 5.25. The predicted molar refractivity (Wildman–Crippen MR) is 70.7 cm³/mol. The van der Waals surface area contributed by atoms with E-state index < -0.39 is 0 Å². The van der Waals surface area contributed by atoms with E-state index in [1.807, 2.05) is 11.5 Å². The van der Waals surface area contributed by atoms with Crippen LogP contribution in [0.3, 0.4) is 0 Å². The van der Waals surface area contributed by atoms with E-state index in [1.165, 1.54) is 0 Å². The Kier molecular flexibility index (Phi) is 3.92. The number of nitrogens with zero attached hydrogens (tertiary/aromatic N) is 3. The lowest BCUT2D eigenvalue weighted by atomic mass is 10.2. The van der Waals surface area contributed by atoms with Gasteiger partial charge < -0.3 is 4.57 Å². The first-order valence-corrected chi connectivity index (χ1v) is 6.40. The fourth-order valence-electron chi connectivity index (χ4n) is 1.63. The van der Waals surface area contributed by atoms with Crippen molar-refractivity contribution in [1.82, 2.24) is 14.8 Å². The SMILES string of the molecule is CCn1c(CCl)nnc1-c1cc(Cl)ccc1Cl. The quantitative estimate of drug-likeness (QED) is 0.800. The van der Waals surface area contributed by atoms with E-state index in [9.17, 15) is 0 Å². The van der Waals surface area contributed by atoms with Crippen LogP contribution in [0.4, 0.5) is 0 Å². The van der Waals surface area contributed by atoms with E-state index in [0.717, 1.165) is 17.9 Å². The van der Waals surface area contributed by atoms with Crippen molar-refractivity contribution in [2.45, 2.75) is 19.3 Å². The van der Waals surface area contributed by atoms with Gasteiger partial charge in [0.05, 0.1) is 10.9 Å². The third-order valence-corrected chi connectivity index (χ3v) is 3.24. The van der Waals surface area contributed by atoms with E-state index >= 15 is 0 Å². The smallest absolute Gasteiger partial charge is 0.165 e. The molecule has 0 atom stereocenters. The second-order valence-corrected chi connectivity index (χ2v) is 4.55. The van der Waals surface area contributed by atoms with Gasteiger partial charge in [0, 0.05) is 17.1 Å². The van der Waals surface area contributed by atoms with Crippen LogP contribution in [-0.4, -0.2) is 14.8 Å². The molecule has 0 bridgehead atoms. The van der Waals surface area contributed by atoms with Gasteiger partial charge >= 0.3 is 0 Å². The Bertz CT molecular complexity index is 537. The number of halogens is 3.